The number of thioether (sulfide) groups is 1. The van der Waals surface area contributed by atoms with Crippen LogP contribution in [0.1, 0.15) is 63.9 Å². The smallest absolute Gasteiger partial charge is 0.141 e. The van der Waals surface area contributed by atoms with Gasteiger partial charge < -0.3 is 5.73 Å². The zero-order valence-electron chi connectivity index (χ0n) is 11.9. The summed E-state index contributed by atoms with van der Waals surface area (Å²) >= 11 is 5.41. The molecule has 1 aromatic heterocycles. The van der Waals surface area contributed by atoms with Gasteiger partial charge in [0.1, 0.15) is 11.6 Å². The molecule has 5 heteroatoms. The lowest BCUT2D eigenvalue weighted by molar-refractivity contribution is 0.684. The van der Waals surface area contributed by atoms with Gasteiger partial charge in [-0.05, 0) is 28.8 Å². The Kier molecular flexibility index (Phi) is 4.77. The van der Waals surface area contributed by atoms with Crippen LogP contribution in [0.4, 0.5) is 5.82 Å². The Morgan fingerprint density at radius 2 is 1.89 bits per heavy atom. The molecule has 0 spiro atoms. The van der Waals surface area contributed by atoms with E-state index in [-0.39, 0.29) is 4.75 Å². The van der Waals surface area contributed by atoms with Crippen molar-refractivity contribution < 1.29 is 0 Å². The summed E-state index contributed by atoms with van der Waals surface area (Å²) in [4.78, 5) is 9.17. The highest BCUT2D eigenvalue weighted by atomic mass is 79.9. The van der Waals surface area contributed by atoms with Crippen molar-refractivity contribution in [1.82, 2.24) is 9.97 Å². The van der Waals surface area contributed by atoms with E-state index >= 15 is 0 Å². The topological polar surface area (TPSA) is 51.8 Å². The lowest BCUT2D eigenvalue weighted by atomic mass is 10.0. The lowest BCUT2D eigenvalue weighted by Crippen LogP contribution is -2.11. The van der Waals surface area contributed by atoms with Crippen molar-refractivity contribution in [3.63, 3.8) is 0 Å². The van der Waals surface area contributed by atoms with Crippen molar-refractivity contribution in [2.24, 2.45) is 0 Å². The standard InChI is InChI=1S/C14H22BrN3S/c1-14(2,3)19-8-10-17-12(9-6-4-5-7-9)11(15)13(16)18-10/h9H,4-8H2,1-3H3,(H2,16,17,18). The van der Waals surface area contributed by atoms with E-state index in [0.29, 0.717) is 11.7 Å². The van der Waals surface area contributed by atoms with Gasteiger partial charge in [-0.3, -0.25) is 0 Å². The van der Waals surface area contributed by atoms with Gasteiger partial charge >= 0.3 is 0 Å². The zero-order chi connectivity index (χ0) is 14.0. The highest BCUT2D eigenvalue weighted by Crippen LogP contribution is 2.38. The molecule has 0 radical (unpaired) electrons. The fourth-order valence-corrected chi connectivity index (χ4v) is 3.54. The second-order valence-corrected chi connectivity index (χ2v) is 8.70. The monoisotopic (exact) mass is 343 g/mol. The first-order valence-corrected chi connectivity index (χ1v) is 8.60. The summed E-state index contributed by atoms with van der Waals surface area (Å²) in [5.74, 6) is 2.82. The Morgan fingerprint density at radius 1 is 1.26 bits per heavy atom. The third kappa shape index (κ3) is 4.09. The van der Waals surface area contributed by atoms with Gasteiger partial charge in [0.05, 0.1) is 15.9 Å². The molecule has 2 N–H and O–H groups in total. The van der Waals surface area contributed by atoms with E-state index in [0.717, 1.165) is 21.7 Å². The van der Waals surface area contributed by atoms with E-state index in [4.69, 9.17) is 10.7 Å². The molecule has 1 heterocycles. The van der Waals surface area contributed by atoms with Crippen LogP contribution in [0.5, 0.6) is 0 Å². The van der Waals surface area contributed by atoms with E-state index in [1.54, 1.807) is 0 Å². The number of hydrogen-bond acceptors (Lipinski definition) is 4. The Morgan fingerprint density at radius 3 is 2.47 bits per heavy atom. The van der Waals surface area contributed by atoms with Crippen molar-refractivity contribution in [1.29, 1.82) is 0 Å². The molecule has 2 rings (SSSR count). The summed E-state index contributed by atoms with van der Waals surface area (Å²) < 4.78 is 1.13. The van der Waals surface area contributed by atoms with Crippen molar-refractivity contribution in [2.45, 2.75) is 62.9 Å². The number of nitrogens with zero attached hydrogens (tertiary/aromatic N) is 2. The van der Waals surface area contributed by atoms with E-state index in [1.807, 2.05) is 11.8 Å². The van der Waals surface area contributed by atoms with Gasteiger partial charge in [0, 0.05) is 10.7 Å². The van der Waals surface area contributed by atoms with Gasteiger partial charge in [0.15, 0.2) is 0 Å². The fraction of sp³-hybridized carbons (Fsp3) is 0.714. The van der Waals surface area contributed by atoms with Gasteiger partial charge in [0.25, 0.3) is 0 Å². The van der Waals surface area contributed by atoms with Gasteiger partial charge in [-0.1, -0.05) is 33.6 Å². The molecule has 1 saturated carbocycles. The normalized spacial score (nSPS) is 17.1. The summed E-state index contributed by atoms with van der Waals surface area (Å²) in [7, 11) is 0. The van der Waals surface area contributed by atoms with E-state index in [1.165, 1.54) is 25.7 Å². The molecule has 3 nitrogen and oxygen atoms in total. The maximum atomic E-state index is 6.02. The number of nitrogens with two attached hydrogens (primary N) is 1. The minimum absolute atomic E-state index is 0.221. The largest absolute Gasteiger partial charge is 0.383 e. The SMILES string of the molecule is CC(C)(C)SCc1nc(N)c(Br)c(C2CCCC2)n1. The van der Waals surface area contributed by atoms with Gasteiger partial charge in [0.2, 0.25) is 0 Å². The Labute approximate surface area is 128 Å². The van der Waals surface area contributed by atoms with Crippen LogP contribution in [0.2, 0.25) is 0 Å². The third-order valence-electron chi connectivity index (χ3n) is 3.32. The predicted molar refractivity (Wildman–Crippen MR) is 86.4 cm³/mol. The Hall–Kier alpha value is -0.290. The number of halogens is 1. The molecular weight excluding hydrogens is 322 g/mol. The minimum atomic E-state index is 0.221. The molecule has 0 saturated heterocycles. The molecular formula is C14H22BrN3S. The minimum Gasteiger partial charge on any atom is -0.383 e. The second-order valence-electron chi connectivity index (χ2n) is 6.11. The molecule has 106 valence electrons. The third-order valence-corrected chi connectivity index (χ3v) is 5.41. The first-order valence-electron chi connectivity index (χ1n) is 6.82. The number of nitrogen functional groups attached to an aromatic ring is 1. The van der Waals surface area contributed by atoms with E-state index < -0.39 is 0 Å². The number of hydrogen-bond donors (Lipinski definition) is 1. The van der Waals surface area contributed by atoms with Gasteiger partial charge in [-0.25, -0.2) is 9.97 Å². The number of anilines is 1. The molecule has 0 aliphatic heterocycles. The maximum Gasteiger partial charge on any atom is 0.141 e. The Balaban J connectivity index is 2.21. The lowest BCUT2D eigenvalue weighted by Gasteiger charge is -2.18. The maximum absolute atomic E-state index is 6.02. The van der Waals surface area contributed by atoms with Crippen molar-refractivity contribution >= 4 is 33.5 Å². The van der Waals surface area contributed by atoms with Crippen molar-refractivity contribution in [2.75, 3.05) is 5.73 Å². The van der Waals surface area contributed by atoms with Crippen LogP contribution in [0, 0.1) is 0 Å². The molecule has 1 aromatic rings. The molecule has 0 amide bonds. The van der Waals surface area contributed by atoms with Crippen LogP contribution in [0.15, 0.2) is 4.47 Å². The van der Waals surface area contributed by atoms with Crippen LogP contribution in [-0.2, 0) is 5.75 Å². The summed E-state index contributed by atoms with van der Waals surface area (Å²) in [6, 6.07) is 0. The highest BCUT2D eigenvalue weighted by Gasteiger charge is 2.23. The molecule has 1 fully saturated rings. The summed E-state index contributed by atoms with van der Waals surface area (Å²) in [5.41, 5.74) is 7.14. The van der Waals surface area contributed by atoms with Crippen molar-refractivity contribution in [3.05, 3.63) is 16.0 Å². The summed E-state index contributed by atoms with van der Waals surface area (Å²) in [6.07, 6.45) is 5.04. The molecule has 0 atom stereocenters. The van der Waals surface area contributed by atoms with Crippen molar-refractivity contribution in [3.8, 4) is 0 Å². The molecule has 0 unspecified atom stereocenters. The summed E-state index contributed by atoms with van der Waals surface area (Å²) in [6.45, 7) is 6.62. The molecule has 1 aliphatic carbocycles. The van der Waals surface area contributed by atoms with Gasteiger partial charge in [-0.2, -0.15) is 0 Å². The number of rotatable bonds is 3. The first kappa shape index (κ1) is 15.1. The molecule has 1 aliphatic rings. The van der Waals surface area contributed by atoms with Crippen LogP contribution in [0.3, 0.4) is 0 Å². The molecule has 0 aromatic carbocycles. The average molecular weight is 344 g/mol. The Bertz CT molecular complexity index is 451. The predicted octanol–water partition coefficient (Wildman–Crippen LogP) is 4.51. The van der Waals surface area contributed by atoms with Gasteiger partial charge in [-0.15, -0.1) is 11.8 Å². The molecule has 19 heavy (non-hydrogen) atoms. The van der Waals surface area contributed by atoms with E-state index in [2.05, 4.69) is 41.7 Å². The average Bonchev–Trinajstić information content (AvgIpc) is 2.83. The van der Waals surface area contributed by atoms with Crippen LogP contribution in [-0.4, -0.2) is 14.7 Å². The first-order chi connectivity index (χ1) is 8.87. The van der Waals surface area contributed by atoms with Crippen LogP contribution in [0.25, 0.3) is 0 Å². The highest BCUT2D eigenvalue weighted by molar-refractivity contribution is 9.10. The zero-order valence-corrected chi connectivity index (χ0v) is 14.3. The fourth-order valence-electron chi connectivity index (χ4n) is 2.35. The number of aromatic nitrogens is 2. The van der Waals surface area contributed by atoms with E-state index in [9.17, 15) is 0 Å². The summed E-state index contributed by atoms with van der Waals surface area (Å²) in [5, 5.41) is 0. The van der Waals surface area contributed by atoms with Crippen LogP contribution < -0.4 is 5.73 Å². The van der Waals surface area contributed by atoms with Crippen LogP contribution >= 0.6 is 27.7 Å². The quantitative estimate of drug-likeness (QED) is 0.876. The second kappa shape index (κ2) is 6.00. The molecule has 0 bridgehead atoms.